The number of hydrogen-bond donors (Lipinski definition) is 1. The summed E-state index contributed by atoms with van der Waals surface area (Å²) in [7, 11) is 0. The smallest absolute Gasteiger partial charge is 0.308 e. The minimum Gasteiger partial charge on any atom is -0.456 e. The Morgan fingerprint density at radius 3 is 2.46 bits per heavy atom. The van der Waals surface area contributed by atoms with E-state index in [0.29, 0.717) is 10.7 Å². The number of rotatable bonds is 6. The third-order valence-electron chi connectivity index (χ3n) is 5.31. The molecule has 3 rings (SSSR count). The summed E-state index contributed by atoms with van der Waals surface area (Å²) in [5.41, 5.74) is 1.38. The highest BCUT2D eigenvalue weighted by atomic mass is 35.5. The first-order chi connectivity index (χ1) is 13.4. The maximum absolute atomic E-state index is 12.4. The van der Waals surface area contributed by atoms with Gasteiger partial charge in [0.2, 0.25) is 11.8 Å². The number of carbonyl (C=O) groups excluding carboxylic acids is 4. The number of hydrogen-bond acceptors (Lipinski definition) is 5. The highest BCUT2D eigenvalue weighted by Gasteiger charge is 2.47. The first kappa shape index (κ1) is 20.3. The Kier molecular flexibility index (Phi) is 6.34. The van der Waals surface area contributed by atoms with Crippen LogP contribution >= 0.6 is 11.6 Å². The molecule has 1 heterocycles. The molecule has 150 valence electrons. The van der Waals surface area contributed by atoms with Crippen LogP contribution in [0.15, 0.2) is 18.2 Å². The van der Waals surface area contributed by atoms with Gasteiger partial charge in [0.15, 0.2) is 6.61 Å². The fourth-order valence-corrected chi connectivity index (χ4v) is 3.96. The lowest BCUT2D eigenvalue weighted by atomic mass is 9.81. The number of halogens is 1. The summed E-state index contributed by atoms with van der Waals surface area (Å²) in [5, 5.41) is 3.12. The quantitative estimate of drug-likeness (QED) is 0.579. The van der Waals surface area contributed by atoms with Gasteiger partial charge in [-0.2, -0.15) is 0 Å². The van der Waals surface area contributed by atoms with E-state index in [1.807, 2.05) is 6.92 Å². The lowest BCUT2D eigenvalue weighted by Crippen LogP contribution is -2.33. The van der Waals surface area contributed by atoms with Crippen LogP contribution in [-0.4, -0.2) is 41.7 Å². The average molecular weight is 407 g/mol. The molecular formula is C20H23ClN2O5. The fraction of sp³-hybridized carbons (Fsp3) is 0.500. The van der Waals surface area contributed by atoms with Gasteiger partial charge in [0.25, 0.3) is 5.91 Å². The van der Waals surface area contributed by atoms with Crippen LogP contribution in [0.5, 0.6) is 0 Å². The molecule has 1 aliphatic carbocycles. The first-order valence-corrected chi connectivity index (χ1v) is 9.81. The van der Waals surface area contributed by atoms with Gasteiger partial charge < -0.3 is 10.1 Å². The number of imide groups is 1. The van der Waals surface area contributed by atoms with Crippen molar-refractivity contribution in [3.63, 3.8) is 0 Å². The largest absolute Gasteiger partial charge is 0.456 e. The van der Waals surface area contributed by atoms with Crippen LogP contribution in [0.1, 0.15) is 37.7 Å². The molecule has 0 bridgehead atoms. The van der Waals surface area contributed by atoms with Crippen molar-refractivity contribution in [1.82, 2.24) is 4.90 Å². The number of fused-ring (bicyclic) bond motifs is 1. The van der Waals surface area contributed by atoms with Crippen LogP contribution in [0.25, 0.3) is 0 Å². The molecule has 7 nitrogen and oxygen atoms in total. The zero-order valence-corrected chi connectivity index (χ0v) is 16.5. The molecule has 0 aromatic heterocycles. The van der Waals surface area contributed by atoms with Crippen LogP contribution in [0.2, 0.25) is 5.02 Å². The zero-order valence-electron chi connectivity index (χ0n) is 15.7. The van der Waals surface area contributed by atoms with E-state index in [0.717, 1.165) is 31.2 Å². The number of likely N-dealkylation sites (tertiary alicyclic amines) is 1. The van der Waals surface area contributed by atoms with Crippen LogP contribution in [0, 0.1) is 18.8 Å². The van der Waals surface area contributed by atoms with Gasteiger partial charge in [0.1, 0.15) is 0 Å². The average Bonchev–Trinajstić information content (AvgIpc) is 2.92. The van der Waals surface area contributed by atoms with Crippen molar-refractivity contribution in [3.05, 3.63) is 28.8 Å². The van der Waals surface area contributed by atoms with Crippen molar-refractivity contribution in [3.8, 4) is 0 Å². The molecule has 1 saturated heterocycles. The SMILES string of the molecule is Cc1ccc(Cl)cc1NC(=O)COC(=O)CCN1C(=O)[C@H]2CCCC[C@@H]2C1=O. The molecule has 1 saturated carbocycles. The second-order valence-corrected chi connectivity index (χ2v) is 7.68. The Balaban J connectivity index is 1.44. The first-order valence-electron chi connectivity index (χ1n) is 9.43. The molecule has 0 radical (unpaired) electrons. The molecule has 1 aliphatic heterocycles. The lowest BCUT2D eigenvalue weighted by molar-refractivity contribution is -0.148. The van der Waals surface area contributed by atoms with Gasteiger partial charge in [-0.25, -0.2) is 0 Å². The highest BCUT2D eigenvalue weighted by molar-refractivity contribution is 6.31. The van der Waals surface area contributed by atoms with E-state index >= 15 is 0 Å². The molecular weight excluding hydrogens is 384 g/mol. The molecule has 2 atom stereocenters. The van der Waals surface area contributed by atoms with Gasteiger partial charge in [0.05, 0.1) is 18.3 Å². The maximum atomic E-state index is 12.4. The molecule has 1 aromatic rings. The van der Waals surface area contributed by atoms with Crippen molar-refractivity contribution in [2.45, 2.75) is 39.0 Å². The monoisotopic (exact) mass is 406 g/mol. The minimum atomic E-state index is -0.631. The maximum Gasteiger partial charge on any atom is 0.308 e. The van der Waals surface area contributed by atoms with Crippen molar-refractivity contribution in [2.24, 2.45) is 11.8 Å². The highest BCUT2D eigenvalue weighted by Crippen LogP contribution is 2.37. The van der Waals surface area contributed by atoms with Gasteiger partial charge in [-0.3, -0.25) is 24.1 Å². The summed E-state index contributed by atoms with van der Waals surface area (Å²) in [5.74, 6) is -1.95. The second-order valence-electron chi connectivity index (χ2n) is 7.24. The van der Waals surface area contributed by atoms with Gasteiger partial charge in [-0.05, 0) is 37.5 Å². The van der Waals surface area contributed by atoms with Crippen molar-refractivity contribution in [2.75, 3.05) is 18.5 Å². The summed E-state index contributed by atoms with van der Waals surface area (Å²) < 4.78 is 4.96. The number of anilines is 1. The predicted molar refractivity (Wildman–Crippen MR) is 103 cm³/mol. The normalized spacial score (nSPS) is 21.4. The number of esters is 1. The number of benzene rings is 1. The Morgan fingerprint density at radius 1 is 1.18 bits per heavy atom. The summed E-state index contributed by atoms with van der Waals surface area (Å²) >= 11 is 5.90. The fourth-order valence-electron chi connectivity index (χ4n) is 3.79. The molecule has 8 heteroatoms. The standard InChI is InChI=1S/C20H23ClN2O5/c1-12-6-7-13(21)10-16(12)22-17(24)11-28-18(25)8-9-23-19(26)14-4-2-3-5-15(14)20(23)27/h6-7,10,14-15H,2-5,8-9,11H2,1H3,(H,22,24)/t14-,15-/m0/s1. The third kappa shape index (κ3) is 4.52. The molecule has 1 N–H and O–H groups in total. The van der Waals surface area contributed by atoms with Gasteiger partial charge >= 0.3 is 5.97 Å². The zero-order chi connectivity index (χ0) is 20.3. The molecule has 2 fully saturated rings. The van der Waals surface area contributed by atoms with E-state index < -0.39 is 18.5 Å². The van der Waals surface area contributed by atoms with Crippen LogP contribution < -0.4 is 5.32 Å². The number of aryl methyl sites for hydroxylation is 1. The van der Waals surface area contributed by atoms with Crippen molar-refractivity contribution >= 4 is 41.0 Å². The van der Waals surface area contributed by atoms with E-state index in [-0.39, 0.29) is 36.6 Å². The van der Waals surface area contributed by atoms with Crippen molar-refractivity contribution in [1.29, 1.82) is 0 Å². The Morgan fingerprint density at radius 2 is 1.82 bits per heavy atom. The Bertz CT molecular complexity index is 786. The van der Waals surface area contributed by atoms with Crippen molar-refractivity contribution < 1.29 is 23.9 Å². The molecule has 0 spiro atoms. The van der Waals surface area contributed by atoms with E-state index in [9.17, 15) is 19.2 Å². The number of nitrogens with one attached hydrogen (secondary N) is 1. The second kappa shape index (κ2) is 8.73. The number of carbonyl (C=O) groups is 4. The van der Waals surface area contributed by atoms with Gasteiger partial charge in [-0.1, -0.05) is 30.5 Å². The Labute approximate surface area is 168 Å². The summed E-state index contributed by atoms with van der Waals surface area (Å²) in [6.45, 7) is 1.37. The molecule has 1 aromatic carbocycles. The van der Waals surface area contributed by atoms with Crippen LogP contribution in [0.4, 0.5) is 5.69 Å². The summed E-state index contributed by atoms with van der Waals surface area (Å²) in [6, 6.07) is 5.09. The topological polar surface area (TPSA) is 92.8 Å². The van der Waals surface area contributed by atoms with Crippen LogP contribution in [0.3, 0.4) is 0 Å². The summed E-state index contributed by atoms with van der Waals surface area (Å²) in [6.07, 6.45) is 3.26. The predicted octanol–water partition coefficient (Wildman–Crippen LogP) is 2.70. The van der Waals surface area contributed by atoms with Crippen LogP contribution in [-0.2, 0) is 23.9 Å². The number of amides is 3. The molecule has 2 aliphatic rings. The number of ether oxygens (including phenoxy) is 1. The minimum absolute atomic E-state index is 0.00147. The van der Waals surface area contributed by atoms with E-state index in [4.69, 9.17) is 16.3 Å². The van der Waals surface area contributed by atoms with E-state index in [1.165, 1.54) is 4.90 Å². The summed E-state index contributed by atoms with van der Waals surface area (Å²) in [4.78, 5) is 49.8. The third-order valence-corrected chi connectivity index (χ3v) is 5.55. The molecule has 0 unspecified atom stereocenters. The lowest BCUT2D eigenvalue weighted by Gasteiger charge is -2.19. The van der Waals surface area contributed by atoms with Gasteiger partial charge in [0, 0.05) is 17.3 Å². The number of nitrogens with zero attached hydrogens (tertiary/aromatic N) is 1. The molecule has 28 heavy (non-hydrogen) atoms. The van der Waals surface area contributed by atoms with E-state index in [2.05, 4.69) is 5.32 Å². The van der Waals surface area contributed by atoms with Gasteiger partial charge in [-0.15, -0.1) is 0 Å². The van der Waals surface area contributed by atoms with E-state index in [1.54, 1.807) is 18.2 Å². The molecule has 3 amide bonds. The Hall–Kier alpha value is -2.41.